The van der Waals surface area contributed by atoms with Crippen LogP contribution in [0.2, 0.25) is 0 Å². The van der Waals surface area contributed by atoms with E-state index in [0.717, 1.165) is 11.3 Å². The summed E-state index contributed by atoms with van der Waals surface area (Å²) in [5, 5.41) is 17.2. The van der Waals surface area contributed by atoms with Crippen LogP contribution in [0.25, 0.3) is 5.69 Å². The third-order valence-electron chi connectivity index (χ3n) is 4.18. The molecule has 1 amide bonds. The fourth-order valence-corrected chi connectivity index (χ4v) is 2.76. The minimum absolute atomic E-state index is 0.0485. The van der Waals surface area contributed by atoms with E-state index in [1.165, 1.54) is 10.9 Å². The Kier molecular flexibility index (Phi) is 5.30. The van der Waals surface area contributed by atoms with Gasteiger partial charge in [-0.15, -0.1) is 0 Å². The number of ether oxygens (including phenoxy) is 2. The van der Waals surface area contributed by atoms with Crippen LogP contribution in [0.3, 0.4) is 0 Å². The van der Waals surface area contributed by atoms with Crippen LogP contribution in [-0.2, 0) is 0 Å². The topological polar surface area (TPSA) is 85.6 Å². The van der Waals surface area contributed by atoms with Gasteiger partial charge in [-0.3, -0.25) is 4.79 Å². The molecule has 0 bridgehead atoms. The van der Waals surface area contributed by atoms with E-state index in [-0.39, 0.29) is 17.5 Å². The average molecular weight is 367 g/mol. The predicted octanol–water partition coefficient (Wildman–Crippen LogP) is 3.09. The Bertz CT molecular complexity index is 938. The molecule has 3 aromatic rings. The average Bonchev–Trinajstić information content (AvgIpc) is 3.09. The second-order valence-electron chi connectivity index (χ2n) is 5.95. The van der Waals surface area contributed by atoms with Gasteiger partial charge in [-0.1, -0.05) is 18.2 Å². The van der Waals surface area contributed by atoms with E-state index in [4.69, 9.17) is 9.47 Å². The van der Waals surface area contributed by atoms with E-state index >= 15 is 0 Å². The third kappa shape index (κ3) is 3.87. The summed E-state index contributed by atoms with van der Waals surface area (Å²) in [6.07, 6.45) is 1.40. The van der Waals surface area contributed by atoms with Crippen LogP contribution in [0.4, 0.5) is 0 Å². The van der Waals surface area contributed by atoms with E-state index in [2.05, 4.69) is 10.4 Å². The number of para-hydroxylation sites is 1. The molecule has 3 rings (SSSR count). The molecule has 0 spiro atoms. The van der Waals surface area contributed by atoms with Crippen molar-refractivity contribution >= 4 is 5.91 Å². The van der Waals surface area contributed by atoms with E-state index in [9.17, 15) is 9.90 Å². The Labute approximate surface area is 157 Å². The largest absolute Gasteiger partial charge is 0.504 e. The molecule has 140 valence electrons. The monoisotopic (exact) mass is 367 g/mol. The fraction of sp³-hybridized carbons (Fsp3) is 0.200. The zero-order valence-electron chi connectivity index (χ0n) is 15.3. The van der Waals surface area contributed by atoms with E-state index in [1.54, 1.807) is 32.4 Å². The molecule has 2 aromatic carbocycles. The van der Waals surface area contributed by atoms with Gasteiger partial charge < -0.3 is 19.9 Å². The summed E-state index contributed by atoms with van der Waals surface area (Å²) in [6, 6.07) is 14.2. The molecule has 0 saturated carbocycles. The van der Waals surface area contributed by atoms with Crippen molar-refractivity contribution in [3.63, 3.8) is 0 Å². The number of hydrogen-bond acceptors (Lipinski definition) is 5. The molecule has 1 aromatic heterocycles. The Hall–Kier alpha value is -3.48. The number of methoxy groups -OCH3 is 2. The first-order chi connectivity index (χ1) is 13.0. The molecule has 0 saturated heterocycles. The van der Waals surface area contributed by atoms with Gasteiger partial charge in [0.1, 0.15) is 11.5 Å². The number of amides is 1. The fourth-order valence-electron chi connectivity index (χ4n) is 2.76. The molecule has 27 heavy (non-hydrogen) atoms. The lowest BCUT2D eigenvalue weighted by Crippen LogP contribution is -2.27. The summed E-state index contributed by atoms with van der Waals surface area (Å²) in [6.45, 7) is 1.82. The van der Waals surface area contributed by atoms with Gasteiger partial charge in [-0.25, -0.2) is 4.68 Å². The smallest absolute Gasteiger partial charge is 0.276 e. The van der Waals surface area contributed by atoms with Crippen LogP contribution in [0.5, 0.6) is 17.2 Å². The third-order valence-corrected chi connectivity index (χ3v) is 4.18. The van der Waals surface area contributed by atoms with Crippen molar-refractivity contribution in [3.05, 3.63) is 66.0 Å². The minimum Gasteiger partial charge on any atom is -0.504 e. The van der Waals surface area contributed by atoms with E-state index in [1.807, 2.05) is 37.3 Å². The van der Waals surface area contributed by atoms with Gasteiger partial charge in [0.2, 0.25) is 0 Å². The highest BCUT2D eigenvalue weighted by molar-refractivity contribution is 5.95. The van der Waals surface area contributed by atoms with Gasteiger partial charge in [-0.05, 0) is 37.3 Å². The molecular weight excluding hydrogens is 346 g/mol. The summed E-state index contributed by atoms with van der Waals surface area (Å²) in [4.78, 5) is 12.6. The number of carbonyl (C=O) groups is 1. The summed E-state index contributed by atoms with van der Waals surface area (Å²) in [5.74, 6) is 0.603. The minimum atomic E-state index is -0.487. The zero-order chi connectivity index (χ0) is 19.4. The first kappa shape index (κ1) is 18.3. The van der Waals surface area contributed by atoms with Crippen molar-refractivity contribution in [2.75, 3.05) is 14.2 Å². The van der Waals surface area contributed by atoms with Gasteiger partial charge in [0.15, 0.2) is 11.4 Å². The Morgan fingerprint density at radius 3 is 2.56 bits per heavy atom. The maximum absolute atomic E-state index is 12.6. The van der Waals surface area contributed by atoms with Crippen molar-refractivity contribution in [2.24, 2.45) is 0 Å². The highest BCUT2D eigenvalue weighted by atomic mass is 16.5. The molecule has 0 aliphatic heterocycles. The molecule has 1 unspecified atom stereocenters. The van der Waals surface area contributed by atoms with Crippen molar-refractivity contribution in [3.8, 4) is 22.9 Å². The second kappa shape index (κ2) is 7.82. The molecule has 1 heterocycles. The second-order valence-corrected chi connectivity index (χ2v) is 5.95. The number of hydrogen-bond donors (Lipinski definition) is 2. The number of aromatic hydroxyl groups is 1. The molecule has 0 fully saturated rings. The van der Waals surface area contributed by atoms with Gasteiger partial charge in [0.05, 0.1) is 32.1 Å². The molecule has 7 nitrogen and oxygen atoms in total. The maximum atomic E-state index is 12.6. The van der Waals surface area contributed by atoms with Crippen LogP contribution >= 0.6 is 0 Å². The lowest BCUT2D eigenvalue weighted by molar-refractivity contribution is 0.0931. The number of aromatic nitrogens is 2. The Balaban J connectivity index is 1.83. The van der Waals surface area contributed by atoms with Crippen LogP contribution < -0.4 is 14.8 Å². The highest BCUT2D eigenvalue weighted by Gasteiger charge is 2.21. The quantitative estimate of drug-likeness (QED) is 0.699. The number of nitrogens with one attached hydrogen (secondary N) is 1. The molecule has 0 radical (unpaired) electrons. The lowest BCUT2D eigenvalue weighted by atomic mass is 10.1. The number of nitrogens with zero attached hydrogens (tertiary/aromatic N) is 2. The molecular formula is C20H21N3O4. The summed E-state index contributed by atoms with van der Waals surface area (Å²) in [7, 11) is 3.14. The van der Waals surface area contributed by atoms with Gasteiger partial charge >= 0.3 is 0 Å². The summed E-state index contributed by atoms with van der Waals surface area (Å²) >= 11 is 0. The standard InChI is InChI=1S/C20H21N3O4/c1-13(16-11-15(26-2)9-10-18(16)27-3)21-20(25)19-17(24)12-23(22-19)14-7-5-4-6-8-14/h4-13,24H,1-3H3,(H,21,25). The first-order valence-electron chi connectivity index (χ1n) is 8.40. The predicted molar refractivity (Wildman–Crippen MR) is 101 cm³/mol. The SMILES string of the molecule is COc1ccc(OC)c(C(C)NC(=O)c2nn(-c3ccccc3)cc2O)c1. The summed E-state index contributed by atoms with van der Waals surface area (Å²) in [5.41, 5.74) is 1.45. The molecule has 1 atom stereocenters. The Morgan fingerprint density at radius 2 is 1.89 bits per heavy atom. The van der Waals surface area contributed by atoms with Crippen LogP contribution in [0, 0.1) is 0 Å². The van der Waals surface area contributed by atoms with Gasteiger partial charge in [0.25, 0.3) is 5.91 Å². The number of benzene rings is 2. The summed E-state index contributed by atoms with van der Waals surface area (Å²) < 4.78 is 12.1. The maximum Gasteiger partial charge on any atom is 0.276 e. The van der Waals surface area contributed by atoms with E-state index in [0.29, 0.717) is 11.5 Å². The first-order valence-corrected chi connectivity index (χ1v) is 8.40. The lowest BCUT2D eigenvalue weighted by Gasteiger charge is -2.17. The number of carbonyl (C=O) groups excluding carboxylic acids is 1. The zero-order valence-corrected chi connectivity index (χ0v) is 15.3. The van der Waals surface area contributed by atoms with Crippen LogP contribution in [0.1, 0.15) is 29.0 Å². The van der Waals surface area contributed by atoms with E-state index < -0.39 is 5.91 Å². The van der Waals surface area contributed by atoms with Crippen LogP contribution in [0.15, 0.2) is 54.7 Å². The van der Waals surface area contributed by atoms with Gasteiger partial charge in [0, 0.05) is 5.56 Å². The normalized spacial score (nSPS) is 11.7. The molecule has 0 aliphatic carbocycles. The molecule has 7 heteroatoms. The van der Waals surface area contributed by atoms with Crippen molar-refractivity contribution in [2.45, 2.75) is 13.0 Å². The Morgan fingerprint density at radius 1 is 1.15 bits per heavy atom. The van der Waals surface area contributed by atoms with Crippen LogP contribution in [-0.4, -0.2) is 35.0 Å². The number of rotatable bonds is 6. The van der Waals surface area contributed by atoms with Crippen molar-refractivity contribution < 1.29 is 19.4 Å². The molecule has 2 N–H and O–H groups in total. The van der Waals surface area contributed by atoms with Crippen molar-refractivity contribution in [1.29, 1.82) is 0 Å². The highest BCUT2D eigenvalue weighted by Crippen LogP contribution is 2.29. The van der Waals surface area contributed by atoms with Gasteiger partial charge in [-0.2, -0.15) is 5.10 Å². The van der Waals surface area contributed by atoms with Crippen molar-refractivity contribution in [1.82, 2.24) is 15.1 Å². The molecule has 0 aliphatic rings.